The molecular formula is C8H19N3O3S. The van der Waals surface area contributed by atoms with Crippen LogP contribution in [-0.2, 0) is 14.9 Å². The van der Waals surface area contributed by atoms with Crippen molar-refractivity contribution in [2.24, 2.45) is 0 Å². The third-order valence-electron chi connectivity index (χ3n) is 2.31. The van der Waals surface area contributed by atoms with E-state index in [0.717, 1.165) is 6.42 Å². The maximum atomic E-state index is 11.5. The van der Waals surface area contributed by atoms with E-state index >= 15 is 0 Å². The third kappa shape index (κ3) is 4.04. The Balaban J connectivity index is 2.45. The van der Waals surface area contributed by atoms with Gasteiger partial charge in [-0.15, -0.1) is 0 Å². The second kappa shape index (κ2) is 5.76. The van der Waals surface area contributed by atoms with E-state index in [4.69, 9.17) is 4.74 Å². The van der Waals surface area contributed by atoms with Gasteiger partial charge in [0.15, 0.2) is 0 Å². The monoisotopic (exact) mass is 237 g/mol. The molecule has 0 aromatic carbocycles. The molecule has 0 aromatic rings. The van der Waals surface area contributed by atoms with Crippen molar-refractivity contribution in [2.45, 2.75) is 25.5 Å². The van der Waals surface area contributed by atoms with Crippen molar-refractivity contribution in [2.75, 3.05) is 26.7 Å². The van der Waals surface area contributed by atoms with E-state index in [1.165, 1.54) is 0 Å². The molecule has 1 aliphatic heterocycles. The number of rotatable bonds is 6. The average molecular weight is 237 g/mol. The molecule has 0 amide bonds. The lowest BCUT2D eigenvalue weighted by molar-refractivity contribution is 0.103. The van der Waals surface area contributed by atoms with Crippen molar-refractivity contribution < 1.29 is 13.2 Å². The van der Waals surface area contributed by atoms with Gasteiger partial charge in [-0.05, 0) is 6.42 Å². The Morgan fingerprint density at radius 2 is 2.20 bits per heavy atom. The molecule has 3 N–H and O–H groups in total. The van der Waals surface area contributed by atoms with Gasteiger partial charge in [-0.2, -0.15) is 13.1 Å². The predicted octanol–water partition coefficient (Wildman–Crippen LogP) is -1.19. The Kier molecular flexibility index (Phi) is 4.94. The van der Waals surface area contributed by atoms with E-state index in [2.05, 4.69) is 14.8 Å². The van der Waals surface area contributed by atoms with Gasteiger partial charge >= 0.3 is 0 Å². The fourth-order valence-electron chi connectivity index (χ4n) is 1.50. The van der Waals surface area contributed by atoms with Crippen molar-refractivity contribution in [1.29, 1.82) is 0 Å². The zero-order valence-corrected chi connectivity index (χ0v) is 9.93. The number of hydrogen-bond acceptors (Lipinski definition) is 4. The predicted molar refractivity (Wildman–Crippen MR) is 57.8 cm³/mol. The van der Waals surface area contributed by atoms with Crippen LogP contribution in [-0.4, -0.2) is 47.3 Å². The minimum atomic E-state index is -3.39. The molecule has 1 saturated heterocycles. The standard InChI is InChI=1S/C8H19N3O3S/c1-3-4-10-15(12,13)11-7-5-9-6-8(7)14-2/h7-11H,3-6H2,1-2H3/t7?,8-/m0/s1. The Morgan fingerprint density at radius 1 is 1.47 bits per heavy atom. The van der Waals surface area contributed by atoms with Crippen molar-refractivity contribution in [1.82, 2.24) is 14.8 Å². The largest absolute Gasteiger partial charge is 0.378 e. The van der Waals surface area contributed by atoms with Crippen LogP contribution < -0.4 is 14.8 Å². The molecule has 7 heteroatoms. The Bertz CT molecular complexity index is 281. The highest BCUT2D eigenvalue weighted by Gasteiger charge is 2.30. The highest BCUT2D eigenvalue weighted by Crippen LogP contribution is 2.04. The normalized spacial score (nSPS) is 27.1. The van der Waals surface area contributed by atoms with E-state index in [1.54, 1.807) is 7.11 Å². The molecule has 1 fully saturated rings. The van der Waals surface area contributed by atoms with Gasteiger partial charge in [0.2, 0.25) is 0 Å². The Labute approximate surface area is 90.9 Å². The van der Waals surface area contributed by atoms with E-state index in [1.807, 2.05) is 6.92 Å². The summed E-state index contributed by atoms with van der Waals surface area (Å²) in [4.78, 5) is 0. The maximum Gasteiger partial charge on any atom is 0.277 e. The number of methoxy groups -OCH3 is 1. The maximum absolute atomic E-state index is 11.5. The summed E-state index contributed by atoms with van der Waals surface area (Å²) in [6.07, 6.45) is 0.681. The van der Waals surface area contributed by atoms with Crippen LogP contribution in [0.25, 0.3) is 0 Å². The fourth-order valence-corrected chi connectivity index (χ4v) is 2.69. The van der Waals surface area contributed by atoms with Crippen LogP contribution in [0.4, 0.5) is 0 Å². The molecule has 0 spiro atoms. The summed E-state index contributed by atoms with van der Waals surface area (Å²) >= 11 is 0. The first-order valence-electron chi connectivity index (χ1n) is 5.09. The van der Waals surface area contributed by atoms with Gasteiger partial charge in [-0.3, -0.25) is 0 Å². The van der Waals surface area contributed by atoms with E-state index in [0.29, 0.717) is 19.6 Å². The molecule has 15 heavy (non-hydrogen) atoms. The summed E-state index contributed by atoms with van der Waals surface area (Å²) in [6, 6.07) is -0.190. The smallest absolute Gasteiger partial charge is 0.277 e. The molecule has 90 valence electrons. The Morgan fingerprint density at radius 3 is 2.80 bits per heavy atom. The second-order valence-electron chi connectivity index (χ2n) is 3.55. The fraction of sp³-hybridized carbons (Fsp3) is 1.00. The highest BCUT2D eigenvalue weighted by molar-refractivity contribution is 7.87. The first-order valence-corrected chi connectivity index (χ1v) is 6.57. The first-order chi connectivity index (χ1) is 7.09. The molecule has 6 nitrogen and oxygen atoms in total. The third-order valence-corrected chi connectivity index (χ3v) is 3.51. The van der Waals surface area contributed by atoms with E-state index in [-0.39, 0.29) is 12.1 Å². The minimum absolute atomic E-state index is 0.0943. The van der Waals surface area contributed by atoms with Gasteiger partial charge in [0.1, 0.15) is 0 Å². The summed E-state index contributed by atoms with van der Waals surface area (Å²) in [7, 11) is -1.81. The van der Waals surface area contributed by atoms with Gasteiger partial charge in [0, 0.05) is 26.7 Å². The quantitative estimate of drug-likeness (QED) is 0.542. The number of nitrogens with one attached hydrogen (secondary N) is 3. The van der Waals surface area contributed by atoms with Crippen molar-refractivity contribution in [3.63, 3.8) is 0 Å². The topological polar surface area (TPSA) is 79.5 Å². The first kappa shape index (κ1) is 12.9. The average Bonchev–Trinajstić information content (AvgIpc) is 2.61. The van der Waals surface area contributed by atoms with Crippen LogP contribution in [0.3, 0.4) is 0 Å². The molecule has 0 aliphatic carbocycles. The summed E-state index contributed by atoms with van der Waals surface area (Å²) in [6.45, 7) is 3.65. The molecule has 0 saturated carbocycles. The van der Waals surface area contributed by atoms with Crippen LogP contribution in [0.15, 0.2) is 0 Å². The molecule has 1 heterocycles. The van der Waals surface area contributed by atoms with Gasteiger partial charge in [0.05, 0.1) is 12.1 Å². The summed E-state index contributed by atoms with van der Waals surface area (Å²) < 4.78 is 33.2. The molecule has 1 aliphatic rings. The van der Waals surface area contributed by atoms with Crippen molar-refractivity contribution in [3.8, 4) is 0 Å². The Hall–Kier alpha value is -0.210. The highest BCUT2D eigenvalue weighted by atomic mass is 32.2. The van der Waals surface area contributed by atoms with Gasteiger partial charge in [0.25, 0.3) is 10.2 Å². The van der Waals surface area contributed by atoms with Gasteiger partial charge in [-0.25, -0.2) is 4.72 Å². The lowest BCUT2D eigenvalue weighted by Gasteiger charge is -2.18. The SMILES string of the molecule is CCCNS(=O)(=O)NC1CNC[C@@H]1OC. The summed E-state index contributed by atoms with van der Waals surface area (Å²) in [5, 5.41) is 3.07. The van der Waals surface area contributed by atoms with Crippen LogP contribution >= 0.6 is 0 Å². The van der Waals surface area contributed by atoms with Crippen LogP contribution in [0, 0.1) is 0 Å². The molecule has 1 rings (SSSR count). The molecule has 2 atom stereocenters. The summed E-state index contributed by atoms with van der Waals surface area (Å²) in [5.41, 5.74) is 0. The molecular weight excluding hydrogens is 218 g/mol. The van der Waals surface area contributed by atoms with Crippen molar-refractivity contribution in [3.05, 3.63) is 0 Å². The molecule has 1 unspecified atom stereocenters. The zero-order valence-electron chi connectivity index (χ0n) is 9.12. The van der Waals surface area contributed by atoms with Gasteiger partial charge in [-0.1, -0.05) is 6.92 Å². The van der Waals surface area contributed by atoms with E-state index in [9.17, 15) is 8.42 Å². The lowest BCUT2D eigenvalue weighted by Crippen LogP contribution is -2.48. The number of hydrogen-bond donors (Lipinski definition) is 3. The molecule has 0 radical (unpaired) electrons. The van der Waals surface area contributed by atoms with E-state index < -0.39 is 10.2 Å². The lowest BCUT2D eigenvalue weighted by atomic mass is 10.2. The van der Waals surface area contributed by atoms with Crippen molar-refractivity contribution >= 4 is 10.2 Å². The molecule has 0 aromatic heterocycles. The van der Waals surface area contributed by atoms with Crippen LogP contribution in [0.2, 0.25) is 0 Å². The van der Waals surface area contributed by atoms with Gasteiger partial charge < -0.3 is 10.1 Å². The number of ether oxygens (including phenoxy) is 1. The minimum Gasteiger partial charge on any atom is -0.378 e. The second-order valence-corrected chi connectivity index (χ2v) is 5.09. The van der Waals surface area contributed by atoms with Crippen LogP contribution in [0.1, 0.15) is 13.3 Å². The zero-order chi connectivity index (χ0) is 11.3. The molecule has 0 bridgehead atoms. The van der Waals surface area contributed by atoms with Crippen LogP contribution in [0.5, 0.6) is 0 Å². The summed E-state index contributed by atoms with van der Waals surface area (Å²) in [5.74, 6) is 0.